The van der Waals surface area contributed by atoms with Gasteiger partial charge in [-0.1, -0.05) is 12.2 Å². The molecule has 0 spiro atoms. The first kappa shape index (κ1) is 17.3. The number of nitrogens with two attached hydrogens (primary N) is 1. The molecule has 0 atom stereocenters. The highest BCUT2D eigenvalue weighted by atomic mass is 19.4. The molecule has 0 bridgehead atoms. The number of halogens is 3. The Hall–Kier alpha value is -2.05. The fraction of sp³-hybridized carbons (Fsp3) is 0.500. The average Bonchev–Trinajstić information content (AvgIpc) is 2.52. The van der Waals surface area contributed by atoms with E-state index >= 15 is 0 Å². The molecule has 0 aliphatic heterocycles. The van der Waals surface area contributed by atoms with Crippen LogP contribution in [-0.2, 0) is 0 Å². The van der Waals surface area contributed by atoms with Gasteiger partial charge in [-0.2, -0.15) is 13.2 Å². The van der Waals surface area contributed by atoms with Gasteiger partial charge in [0.2, 0.25) is 0 Å². The Morgan fingerprint density at radius 3 is 2.52 bits per heavy atom. The van der Waals surface area contributed by atoms with Gasteiger partial charge in [-0.05, 0) is 37.7 Å². The van der Waals surface area contributed by atoms with E-state index in [0.29, 0.717) is 24.2 Å². The number of hydrogen-bond donors (Lipinski definition) is 1. The Balaban J connectivity index is 2.06. The molecule has 0 saturated heterocycles. The molecule has 1 aliphatic rings. The summed E-state index contributed by atoms with van der Waals surface area (Å²) in [5.74, 6) is -1.27. The Labute approximate surface area is 132 Å². The molecule has 1 heterocycles. The van der Waals surface area contributed by atoms with Gasteiger partial charge in [0, 0.05) is 5.56 Å². The number of hydrogen-bond acceptors (Lipinski definition) is 3. The Morgan fingerprint density at radius 2 is 2.00 bits per heavy atom. The molecule has 23 heavy (non-hydrogen) atoms. The summed E-state index contributed by atoms with van der Waals surface area (Å²) in [7, 11) is 1.48. The minimum Gasteiger partial charge on any atom is -0.495 e. The molecule has 0 radical (unpaired) electrons. The lowest BCUT2D eigenvalue weighted by Gasteiger charge is -2.28. The third-order valence-corrected chi connectivity index (χ3v) is 4.15. The summed E-state index contributed by atoms with van der Waals surface area (Å²) in [6.07, 6.45) is 2.23. The first-order valence-electron chi connectivity index (χ1n) is 7.40. The summed E-state index contributed by atoms with van der Waals surface area (Å²) in [5.41, 5.74) is 5.95. The lowest BCUT2D eigenvalue weighted by molar-refractivity contribution is -0.183. The third-order valence-electron chi connectivity index (χ3n) is 4.15. The summed E-state index contributed by atoms with van der Waals surface area (Å²) in [5, 5.41) is 0. The van der Waals surface area contributed by atoms with Crippen molar-refractivity contribution in [1.29, 1.82) is 0 Å². The van der Waals surface area contributed by atoms with E-state index < -0.39 is 18.0 Å². The maximum atomic E-state index is 12.7. The molecule has 0 aromatic carbocycles. The third kappa shape index (κ3) is 4.46. The number of ether oxygens (including phenoxy) is 1. The van der Waals surface area contributed by atoms with Crippen molar-refractivity contribution >= 4 is 12.0 Å². The standard InChI is InChI=1S/C16H19F3N2O2/c1-23-14-9-21-13(15(20)22)8-11(14)5-2-10-3-6-12(7-4-10)16(17,18)19/h2,5,8-10,12H,3-4,6-7H2,1H3,(H2,20,22)/b5-2+. The van der Waals surface area contributed by atoms with Crippen molar-refractivity contribution in [2.24, 2.45) is 17.6 Å². The quantitative estimate of drug-likeness (QED) is 0.919. The zero-order valence-corrected chi connectivity index (χ0v) is 12.8. The normalized spacial score (nSPS) is 22.3. The number of carbonyl (C=O) groups excluding carboxylic acids is 1. The SMILES string of the molecule is COc1cnc(C(N)=O)cc1/C=C/C1CCC(C(F)(F)F)CC1. The summed E-state index contributed by atoms with van der Waals surface area (Å²) >= 11 is 0. The van der Waals surface area contributed by atoms with E-state index in [0.717, 1.165) is 0 Å². The van der Waals surface area contributed by atoms with Crippen molar-refractivity contribution < 1.29 is 22.7 Å². The van der Waals surface area contributed by atoms with Gasteiger partial charge in [-0.15, -0.1) is 0 Å². The summed E-state index contributed by atoms with van der Waals surface area (Å²) < 4.78 is 43.1. The molecule has 1 aromatic heterocycles. The molecule has 2 rings (SSSR count). The van der Waals surface area contributed by atoms with Gasteiger partial charge in [0.25, 0.3) is 5.91 Å². The van der Waals surface area contributed by atoms with Gasteiger partial charge in [-0.3, -0.25) is 4.79 Å². The molecule has 2 N–H and O–H groups in total. The highest BCUT2D eigenvalue weighted by Gasteiger charge is 2.40. The molecule has 126 valence electrons. The van der Waals surface area contributed by atoms with E-state index in [-0.39, 0.29) is 24.5 Å². The minimum atomic E-state index is -4.10. The number of amides is 1. The van der Waals surface area contributed by atoms with Crippen LogP contribution in [-0.4, -0.2) is 24.2 Å². The lowest BCUT2D eigenvalue weighted by atomic mass is 9.81. The topological polar surface area (TPSA) is 65.2 Å². The van der Waals surface area contributed by atoms with Crippen molar-refractivity contribution in [3.05, 3.63) is 29.6 Å². The molecule has 1 aliphatic carbocycles. The number of carbonyl (C=O) groups is 1. The van der Waals surface area contributed by atoms with Crippen LogP contribution in [0, 0.1) is 11.8 Å². The predicted octanol–water partition coefficient (Wildman–Crippen LogP) is 3.57. The largest absolute Gasteiger partial charge is 0.495 e. The summed E-state index contributed by atoms with van der Waals surface area (Å²) in [6.45, 7) is 0. The minimum absolute atomic E-state index is 0.0866. The van der Waals surface area contributed by atoms with Crippen LogP contribution >= 0.6 is 0 Å². The van der Waals surface area contributed by atoms with Crippen LogP contribution in [0.3, 0.4) is 0 Å². The fourth-order valence-electron chi connectivity index (χ4n) is 2.77. The predicted molar refractivity (Wildman–Crippen MR) is 79.8 cm³/mol. The molecule has 7 heteroatoms. The maximum Gasteiger partial charge on any atom is 0.391 e. The Morgan fingerprint density at radius 1 is 1.35 bits per heavy atom. The number of pyridine rings is 1. The zero-order chi connectivity index (χ0) is 17.0. The van der Waals surface area contributed by atoms with Crippen LogP contribution in [0.2, 0.25) is 0 Å². The molecule has 1 aromatic rings. The first-order valence-corrected chi connectivity index (χ1v) is 7.40. The first-order chi connectivity index (χ1) is 10.8. The number of rotatable bonds is 4. The molecule has 1 saturated carbocycles. The van der Waals surface area contributed by atoms with Crippen LogP contribution < -0.4 is 10.5 Å². The monoisotopic (exact) mass is 328 g/mol. The van der Waals surface area contributed by atoms with Crippen LogP contribution in [0.25, 0.3) is 6.08 Å². The number of nitrogens with zero attached hydrogens (tertiary/aromatic N) is 1. The van der Waals surface area contributed by atoms with Crippen LogP contribution in [0.4, 0.5) is 13.2 Å². The molecular weight excluding hydrogens is 309 g/mol. The zero-order valence-electron chi connectivity index (χ0n) is 12.8. The van der Waals surface area contributed by atoms with Crippen molar-refractivity contribution in [3.63, 3.8) is 0 Å². The Kier molecular flexibility index (Phi) is 5.28. The van der Waals surface area contributed by atoms with E-state index in [2.05, 4.69) is 4.98 Å². The van der Waals surface area contributed by atoms with E-state index in [1.54, 1.807) is 6.08 Å². The van der Waals surface area contributed by atoms with Crippen LogP contribution in [0.5, 0.6) is 5.75 Å². The van der Waals surface area contributed by atoms with E-state index in [4.69, 9.17) is 10.5 Å². The number of aromatic nitrogens is 1. The number of methoxy groups -OCH3 is 1. The molecular formula is C16H19F3N2O2. The van der Waals surface area contributed by atoms with Crippen molar-refractivity contribution in [1.82, 2.24) is 4.98 Å². The highest BCUT2D eigenvalue weighted by molar-refractivity contribution is 5.91. The fourth-order valence-corrected chi connectivity index (χ4v) is 2.77. The average molecular weight is 328 g/mol. The van der Waals surface area contributed by atoms with Gasteiger partial charge in [0.15, 0.2) is 0 Å². The smallest absolute Gasteiger partial charge is 0.391 e. The second kappa shape index (κ2) is 7.02. The van der Waals surface area contributed by atoms with E-state index in [1.807, 2.05) is 6.08 Å². The van der Waals surface area contributed by atoms with Crippen LogP contribution in [0.1, 0.15) is 41.7 Å². The number of alkyl halides is 3. The second-order valence-corrected chi connectivity index (χ2v) is 5.69. The van der Waals surface area contributed by atoms with Gasteiger partial charge < -0.3 is 10.5 Å². The van der Waals surface area contributed by atoms with Crippen LogP contribution in [0.15, 0.2) is 18.3 Å². The van der Waals surface area contributed by atoms with Crippen molar-refractivity contribution in [2.75, 3.05) is 7.11 Å². The maximum absolute atomic E-state index is 12.7. The molecule has 4 nitrogen and oxygen atoms in total. The van der Waals surface area contributed by atoms with Gasteiger partial charge in [0.05, 0.1) is 19.2 Å². The molecule has 1 amide bonds. The van der Waals surface area contributed by atoms with E-state index in [9.17, 15) is 18.0 Å². The number of allylic oxidation sites excluding steroid dienone is 1. The number of primary amides is 1. The van der Waals surface area contributed by atoms with E-state index in [1.165, 1.54) is 19.4 Å². The summed E-state index contributed by atoms with van der Waals surface area (Å²) in [4.78, 5) is 15.1. The second-order valence-electron chi connectivity index (χ2n) is 5.69. The van der Waals surface area contributed by atoms with Gasteiger partial charge in [0.1, 0.15) is 11.4 Å². The molecule has 0 unspecified atom stereocenters. The molecule has 1 fully saturated rings. The Bertz CT molecular complexity index is 591. The van der Waals surface area contributed by atoms with Crippen molar-refractivity contribution in [3.8, 4) is 5.75 Å². The summed E-state index contributed by atoms with van der Waals surface area (Å²) in [6, 6.07) is 1.51. The van der Waals surface area contributed by atoms with Gasteiger partial charge >= 0.3 is 6.18 Å². The lowest BCUT2D eigenvalue weighted by Crippen LogP contribution is -2.27. The van der Waals surface area contributed by atoms with Crippen molar-refractivity contribution in [2.45, 2.75) is 31.9 Å². The van der Waals surface area contributed by atoms with Gasteiger partial charge in [-0.25, -0.2) is 4.98 Å². The highest BCUT2D eigenvalue weighted by Crippen LogP contribution is 2.40.